The van der Waals surface area contributed by atoms with E-state index in [1.807, 2.05) is 59.5 Å². The van der Waals surface area contributed by atoms with Crippen molar-refractivity contribution in [2.24, 2.45) is 0 Å². The molecule has 0 spiro atoms. The number of carbonyl (C=O) groups is 3. The molecule has 47 heavy (non-hydrogen) atoms. The molecule has 0 unspecified atom stereocenters. The third-order valence-electron chi connectivity index (χ3n) is 9.17. The maximum absolute atomic E-state index is 14.1. The monoisotopic (exact) mass is 628 g/mol. The van der Waals surface area contributed by atoms with Gasteiger partial charge in [-0.05, 0) is 46.5 Å². The second kappa shape index (κ2) is 13.1. The lowest BCUT2D eigenvalue weighted by molar-refractivity contribution is -0.133. The molecular weight excluding hydrogens is 592 g/mol. The van der Waals surface area contributed by atoms with Crippen LogP contribution in [-0.2, 0) is 22.6 Å². The van der Waals surface area contributed by atoms with Gasteiger partial charge in [0.15, 0.2) is 11.2 Å². The van der Waals surface area contributed by atoms with Crippen LogP contribution in [0.4, 0.5) is 5.69 Å². The number of para-hydroxylation sites is 2. The van der Waals surface area contributed by atoms with E-state index in [1.165, 1.54) is 6.07 Å². The van der Waals surface area contributed by atoms with Crippen LogP contribution in [0.25, 0.3) is 21.7 Å². The number of nitrogens with zero attached hydrogens (tertiary/aromatic N) is 3. The molecular formula is C38H36N4O5. The molecule has 2 fully saturated rings. The van der Waals surface area contributed by atoms with Crippen LogP contribution < -0.4 is 15.6 Å². The fourth-order valence-electron chi connectivity index (χ4n) is 6.66. The van der Waals surface area contributed by atoms with Crippen LogP contribution in [0.2, 0.25) is 0 Å². The van der Waals surface area contributed by atoms with E-state index in [4.69, 9.17) is 4.42 Å². The molecule has 1 aromatic heterocycles. The Morgan fingerprint density at radius 1 is 0.787 bits per heavy atom. The second-order valence-corrected chi connectivity index (χ2v) is 12.2. The van der Waals surface area contributed by atoms with Crippen molar-refractivity contribution in [1.82, 2.24) is 15.1 Å². The van der Waals surface area contributed by atoms with Crippen molar-refractivity contribution < 1.29 is 18.8 Å². The van der Waals surface area contributed by atoms with Gasteiger partial charge in [0.1, 0.15) is 11.6 Å². The Morgan fingerprint density at radius 3 is 2.34 bits per heavy atom. The zero-order valence-corrected chi connectivity index (χ0v) is 26.1. The number of rotatable bonds is 8. The summed E-state index contributed by atoms with van der Waals surface area (Å²) in [5.74, 6) is -0.748. The summed E-state index contributed by atoms with van der Waals surface area (Å²) in [5.41, 5.74) is 3.08. The van der Waals surface area contributed by atoms with Crippen LogP contribution in [0.5, 0.6) is 0 Å². The molecule has 1 N–H and O–H groups in total. The highest BCUT2D eigenvalue weighted by atomic mass is 16.3. The first-order valence-electron chi connectivity index (χ1n) is 16.1. The number of benzene rings is 4. The van der Waals surface area contributed by atoms with E-state index in [1.54, 1.807) is 29.2 Å². The predicted molar refractivity (Wildman–Crippen MR) is 181 cm³/mol. The molecule has 3 heterocycles. The number of nitrogens with one attached hydrogen (secondary N) is 1. The Morgan fingerprint density at radius 2 is 1.53 bits per heavy atom. The van der Waals surface area contributed by atoms with Gasteiger partial charge in [-0.3, -0.25) is 19.2 Å². The molecule has 7 rings (SSSR count). The van der Waals surface area contributed by atoms with E-state index >= 15 is 0 Å². The van der Waals surface area contributed by atoms with Crippen molar-refractivity contribution in [1.29, 1.82) is 0 Å². The molecule has 4 aromatic carbocycles. The Labute approximate surface area is 272 Å². The summed E-state index contributed by atoms with van der Waals surface area (Å²) in [7, 11) is 0. The van der Waals surface area contributed by atoms with Crippen LogP contribution in [0.1, 0.15) is 34.5 Å². The zero-order valence-electron chi connectivity index (χ0n) is 26.1. The number of carbonyl (C=O) groups excluding carboxylic acids is 3. The Kier molecular flexibility index (Phi) is 8.44. The van der Waals surface area contributed by atoms with Gasteiger partial charge in [-0.25, -0.2) is 0 Å². The minimum absolute atomic E-state index is 0.136. The van der Waals surface area contributed by atoms with Crippen LogP contribution in [-0.4, -0.2) is 66.3 Å². The summed E-state index contributed by atoms with van der Waals surface area (Å²) < 4.78 is 5.80. The highest BCUT2D eigenvalue weighted by Crippen LogP contribution is 2.26. The smallest absolute Gasteiger partial charge is 0.287 e. The summed E-state index contributed by atoms with van der Waals surface area (Å²) in [6, 6.07) is 29.3. The van der Waals surface area contributed by atoms with Crippen LogP contribution in [0, 0.1) is 0 Å². The minimum atomic E-state index is -0.875. The summed E-state index contributed by atoms with van der Waals surface area (Å²) in [4.78, 5) is 58.7. The third-order valence-corrected chi connectivity index (χ3v) is 9.17. The number of amides is 3. The van der Waals surface area contributed by atoms with E-state index in [0.29, 0.717) is 50.1 Å². The van der Waals surface area contributed by atoms with Crippen molar-refractivity contribution in [3.8, 4) is 0 Å². The van der Waals surface area contributed by atoms with Gasteiger partial charge in [0.2, 0.25) is 11.8 Å². The molecule has 0 aliphatic carbocycles. The van der Waals surface area contributed by atoms with Gasteiger partial charge in [-0.1, -0.05) is 72.8 Å². The predicted octanol–water partition coefficient (Wildman–Crippen LogP) is 4.76. The zero-order chi connectivity index (χ0) is 32.3. The molecule has 3 amide bonds. The topological polar surface area (TPSA) is 103 Å². The molecule has 5 aromatic rings. The van der Waals surface area contributed by atoms with Gasteiger partial charge >= 0.3 is 0 Å². The lowest BCUT2D eigenvalue weighted by atomic mass is 10.0. The highest BCUT2D eigenvalue weighted by molar-refractivity contribution is 5.97. The van der Waals surface area contributed by atoms with Crippen LogP contribution >= 0.6 is 0 Å². The van der Waals surface area contributed by atoms with E-state index < -0.39 is 11.9 Å². The molecule has 9 nitrogen and oxygen atoms in total. The number of piperazine rings is 1. The van der Waals surface area contributed by atoms with E-state index in [-0.39, 0.29) is 29.4 Å². The van der Waals surface area contributed by atoms with Crippen molar-refractivity contribution in [3.63, 3.8) is 0 Å². The Hall–Kier alpha value is -5.44. The third kappa shape index (κ3) is 6.47. The first-order valence-corrected chi connectivity index (χ1v) is 16.1. The largest absolute Gasteiger partial charge is 0.451 e. The maximum Gasteiger partial charge on any atom is 0.287 e. The number of likely N-dealkylation sites (tertiary alicyclic amines) is 1. The molecule has 2 aliphatic rings. The molecule has 9 heteroatoms. The quantitative estimate of drug-likeness (QED) is 0.266. The van der Waals surface area contributed by atoms with Crippen LogP contribution in [0.3, 0.4) is 0 Å². The fraction of sp³-hybridized carbons (Fsp3) is 0.263. The average Bonchev–Trinajstić information content (AvgIpc) is 3.51. The van der Waals surface area contributed by atoms with Crippen molar-refractivity contribution in [2.75, 3.05) is 37.6 Å². The normalized spacial score (nSPS) is 15.7. The summed E-state index contributed by atoms with van der Waals surface area (Å²) >= 11 is 0. The summed E-state index contributed by atoms with van der Waals surface area (Å²) in [6.07, 6.45) is 1.78. The molecule has 0 saturated carbocycles. The summed E-state index contributed by atoms with van der Waals surface area (Å²) in [6.45, 7) is 3.55. The molecule has 238 valence electrons. The highest BCUT2D eigenvalue weighted by Gasteiger charge is 2.31. The minimum Gasteiger partial charge on any atom is -0.451 e. The molecule has 2 saturated heterocycles. The lowest BCUT2D eigenvalue weighted by Crippen LogP contribution is -2.55. The SMILES string of the molecule is O=C(N[C@H](Cc1ccc2ccccc2c1)C(=O)N1CCN(c2ccccc2CN2CCCC2=O)CC1)c1cc(=O)c2ccccc2o1. The van der Waals surface area contributed by atoms with Gasteiger partial charge in [0.25, 0.3) is 5.91 Å². The molecule has 2 aliphatic heterocycles. The molecule has 1 atom stereocenters. The molecule has 0 radical (unpaired) electrons. The van der Waals surface area contributed by atoms with Gasteiger partial charge in [0, 0.05) is 63.9 Å². The standard InChI is InChI=1S/C38H36N4O5/c43-33-24-35(47-34-13-6-4-11-30(33)34)37(45)39-31(23-26-15-16-27-8-1-2-9-28(27)22-26)38(46)41-20-18-40(19-21-41)32-12-5-3-10-29(32)25-42-17-7-14-36(42)44/h1-6,8-13,15-16,22,24,31H,7,14,17-21,23,25H2,(H,39,45)/t31-/m1/s1. The van der Waals surface area contributed by atoms with E-state index in [9.17, 15) is 19.2 Å². The van der Waals surface area contributed by atoms with Gasteiger partial charge in [-0.2, -0.15) is 0 Å². The average molecular weight is 629 g/mol. The number of hydrogen-bond acceptors (Lipinski definition) is 6. The Bertz CT molecular complexity index is 2030. The van der Waals surface area contributed by atoms with Gasteiger partial charge in [0.05, 0.1) is 5.39 Å². The number of hydrogen-bond donors (Lipinski definition) is 1. The number of fused-ring (bicyclic) bond motifs is 2. The lowest BCUT2D eigenvalue weighted by Gasteiger charge is -2.38. The molecule has 0 bridgehead atoms. The van der Waals surface area contributed by atoms with E-state index in [2.05, 4.69) is 22.3 Å². The Balaban J connectivity index is 1.10. The number of anilines is 1. The van der Waals surface area contributed by atoms with Gasteiger partial charge in [-0.15, -0.1) is 0 Å². The maximum atomic E-state index is 14.1. The second-order valence-electron chi connectivity index (χ2n) is 12.2. The van der Waals surface area contributed by atoms with Crippen molar-refractivity contribution in [2.45, 2.75) is 31.8 Å². The van der Waals surface area contributed by atoms with Crippen molar-refractivity contribution in [3.05, 3.63) is 124 Å². The first kappa shape index (κ1) is 30.2. The summed E-state index contributed by atoms with van der Waals surface area (Å²) in [5, 5.41) is 5.43. The fourth-order valence-corrected chi connectivity index (χ4v) is 6.66. The first-order chi connectivity index (χ1) is 22.9. The van der Waals surface area contributed by atoms with Gasteiger partial charge < -0.3 is 24.4 Å². The van der Waals surface area contributed by atoms with Crippen molar-refractivity contribution >= 4 is 45.2 Å². The van der Waals surface area contributed by atoms with Crippen LogP contribution in [0.15, 0.2) is 106 Å². The van der Waals surface area contributed by atoms with E-state index in [0.717, 1.165) is 40.6 Å².